The summed E-state index contributed by atoms with van der Waals surface area (Å²) in [5.74, 6) is -1.17. The lowest BCUT2D eigenvalue weighted by atomic mass is 10.0. The number of hydrogen-bond acceptors (Lipinski definition) is 5. The molecule has 0 bridgehead atoms. The fraction of sp³-hybridized carbons (Fsp3) is 0.353. The molecule has 0 spiro atoms. The minimum absolute atomic E-state index is 0.147. The van der Waals surface area contributed by atoms with Crippen LogP contribution in [-0.4, -0.2) is 28.9 Å². The van der Waals surface area contributed by atoms with Crippen molar-refractivity contribution in [2.45, 2.75) is 27.7 Å². The lowest BCUT2D eigenvalue weighted by Crippen LogP contribution is -2.09. The second kappa shape index (κ2) is 6.24. The second-order valence-electron chi connectivity index (χ2n) is 5.22. The van der Waals surface area contributed by atoms with Crippen LogP contribution in [0.25, 0.3) is 10.9 Å². The standard InChI is InChI=1S/C17H19NO5/c1-6-22-17(21)14-9(2)18(5)12-7-8-13(23-11(4)20)15(10(3)19)16(12)14/h7-8H,6H2,1-5H3. The molecule has 0 N–H and O–H groups in total. The van der Waals surface area contributed by atoms with E-state index in [0.29, 0.717) is 22.2 Å². The average molecular weight is 317 g/mol. The van der Waals surface area contributed by atoms with Crippen molar-refractivity contribution in [3.05, 3.63) is 29.0 Å². The largest absolute Gasteiger partial charge is 0.462 e. The van der Waals surface area contributed by atoms with Gasteiger partial charge in [0.1, 0.15) is 5.75 Å². The molecule has 122 valence electrons. The Morgan fingerprint density at radius 3 is 2.30 bits per heavy atom. The highest BCUT2D eigenvalue weighted by Gasteiger charge is 2.26. The number of ketones is 1. The molecule has 1 heterocycles. The number of aryl methyl sites for hydroxylation is 1. The van der Waals surface area contributed by atoms with Crippen molar-refractivity contribution in [3.63, 3.8) is 0 Å². The van der Waals surface area contributed by atoms with E-state index < -0.39 is 11.9 Å². The average Bonchev–Trinajstić information content (AvgIpc) is 2.70. The fourth-order valence-electron chi connectivity index (χ4n) is 2.68. The summed E-state index contributed by atoms with van der Waals surface area (Å²) in [5, 5.41) is 0.453. The van der Waals surface area contributed by atoms with Gasteiger partial charge < -0.3 is 14.0 Å². The zero-order valence-corrected chi connectivity index (χ0v) is 13.9. The van der Waals surface area contributed by atoms with Crippen LogP contribution < -0.4 is 4.74 Å². The van der Waals surface area contributed by atoms with E-state index in [2.05, 4.69) is 0 Å². The Balaban J connectivity index is 2.90. The van der Waals surface area contributed by atoms with Crippen LogP contribution in [0.3, 0.4) is 0 Å². The van der Waals surface area contributed by atoms with E-state index in [1.807, 2.05) is 4.57 Å². The highest BCUT2D eigenvalue weighted by Crippen LogP contribution is 2.34. The number of esters is 2. The molecule has 2 aromatic rings. The first kappa shape index (κ1) is 16.7. The van der Waals surface area contributed by atoms with Crippen LogP contribution in [0, 0.1) is 6.92 Å². The maximum atomic E-state index is 12.3. The summed E-state index contributed by atoms with van der Waals surface area (Å²) in [7, 11) is 1.80. The van der Waals surface area contributed by atoms with E-state index in [-0.39, 0.29) is 23.7 Å². The smallest absolute Gasteiger partial charge is 0.340 e. The zero-order chi connectivity index (χ0) is 17.3. The molecule has 0 aliphatic carbocycles. The molecule has 0 atom stereocenters. The van der Waals surface area contributed by atoms with Crippen molar-refractivity contribution in [1.82, 2.24) is 4.57 Å². The molecule has 6 nitrogen and oxygen atoms in total. The topological polar surface area (TPSA) is 74.6 Å². The highest BCUT2D eigenvalue weighted by atomic mass is 16.5. The predicted molar refractivity (Wildman–Crippen MR) is 84.9 cm³/mol. The molecular weight excluding hydrogens is 298 g/mol. The zero-order valence-electron chi connectivity index (χ0n) is 13.9. The van der Waals surface area contributed by atoms with E-state index in [1.54, 1.807) is 33.0 Å². The number of benzene rings is 1. The summed E-state index contributed by atoms with van der Waals surface area (Å²) in [6.07, 6.45) is 0. The molecule has 1 aromatic carbocycles. The van der Waals surface area contributed by atoms with Gasteiger partial charge in [-0.1, -0.05) is 0 Å². The van der Waals surface area contributed by atoms with Crippen molar-refractivity contribution < 1.29 is 23.9 Å². The van der Waals surface area contributed by atoms with E-state index in [0.717, 1.165) is 0 Å². The molecule has 0 saturated carbocycles. The van der Waals surface area contributed by atoms with Crippen molar-refractivity contribution >= 4 is 28.6 Å². The van der Waals surface area contributed by atoms with Crippen LogP contribution >= 0.6 is 0 Å². The van der Waals surface area contributed by atoms with Gasteiger partial charge in [0, 0.05) is 30.6 Å². The van der Waals surface area contributed by atoms with Gasteiger partial charge in [-0.25, -0.2) is 4.79 Å². The third-order valence-corrected chi connectivity index (χ3v) is 3.71. The van der Waals surface area contributed by atoms with Crippen LogP contribution in [0.5, 0.6) is 5.75 Å². The van der Waals surface area contributed by atoms with Crippen LogP contribution in [0.15, 0.2) is 12.1 Å². The normalized spacial score (nSPS) is 10.7. The molecule has 6 heteroatoms. The number of Topliss-reactive ketones (excluding diaryl/α,β-unsaturated/α-hetero) is 1. The summed E-state index contributed by atoms with van der Waals surface area (Å²) < 4.78 is 12.1. The summed E-state index contributed by atoms with van der Waals surface area (Å²) in [6.45, 7) is 6.36. The van der Waals surface area contributed by atoms with Gasteiger partial charge in [-0.3, -0.25) is 9.59 Å². The molecule has 2 rings (SSSR count). The van der Waals surface area contributed by atoms with Gasteiger partial charge in [-0.2, -0.15) is 0 Å². The Hall–Kier alpha value is -2.63. The first-order valence-corrected chi connectivity index (χ1v) is 7.28. The summed E-state index contributed by atoms with van der Waals surface area (Å²) in [6, 6.07) is 3.28. The number of carbonyl (C=O) groups excluding carboxylic acids is 3. The lowest BCUT2D eigenvalue weighted by molar-refractivity contribution is -0.131. The van der Waals surface area contributed by atoms with E-state index >= 15 is 0 Å². The van der Waals surface area contributed by atoms with Crippen LogP contribution in [-0.2, 0) is 16.6 Å². The van der Waals surface area contributed by atoms with Gasteiger partial charge in [-0.15, -0.1) is 0 Å². The Morgan fingerprint density at radius 2 is 1.78 bits per heavy atom. The van der Waals surface area contributed by atoms with Gasteiger partial charge in [-0.05, 0) is 32.9 Å². The molecule has 0 aliphatic heterocycles. The molecule has 0 unspecified atom stereocenters. The number of hydrogen-bond donors (Lipinski definition) is 0. The minimum atomic E-state index is -0.530. The van der Waals surface area contributed by atoms with Crippen LogP contribution in [0.2, 0.25) is 0 Å². The monoisotopic (exact) mass is 317 g/mol. The van der Waals surface area contributed by atoms with Gasteiger partial charge in [0.25, 0.3) is 0 Å². The first-order valence-electron chi connectivity index (χ1n) is 7.28. The minimum Gasteiger partial charge on any atom is -0.462 e. The maximum Gasteiger partial charge on any atom is 0.340 e. The second-order valence-corrected chi connectivity index (χ2v) is 5.22. The first-order chi connectivity index (χ1) is 10.8. The van der Waals surface area contributed by atoms with E-state index in [1.165, 1.54) is 13.8 Å². The number of ether oxygens (including phenoxy) is 2. The van der Waals surface area contributed by atoms with Crippen molar-refractivity contribution in [3.8, 4) is 5.75 Å². The van der Waals surface area contributed by atoms with Crippen molar-refractivity contribution in [1.29, 1.82) is 0 Å². The van der Waals surface area contributed by atoms with Gasteiger partial charge >= 0.3 is 11.9 Å². The summed E-state index contributed by atoms with van der Waals surface area (Å²) in [4.78, 5) is 35.8. The van der Waals surface area contributed by atoms with Crippen molar-refractivity contribution in [2.24, 2.45) is 7.05 Å². The number of nitrogens with zero attached hydrogens (tertiary/aromatic N) is 1. The van der Waals surface area contributed by atoms with Crippen molar-refractivity contribution in [2.75, 3.05) is 6.61 Å². The Morgan fingerprint density at radius 1 is 1.13 bits per heavy atom. The van der Waals surface area contributed by atoms with E-state index in [9.17, 15) is 14.4 Å². The lowest BCUT2D eigenvalue weighted by Gasteiger charge is -2.09. The number of aromatic nitrogens is 1. The van der Waals surface area contributed by atoms with Gasteiger partial charge in [0.05, 0.1) is 17.7 Å². The third kappa shape index (κ3) is 2.84. The van der Waals surface area contributed by atoms with Gasteiger partial charge in [0.2, 0.25) is 0 Å². The molecule has 0 saturated heterocycles. The Bertz CT molecular complexity index is 816. The van der Waals surface area contributed by atoms with Crippen LogP contribution in [0.1, 0.15) is 47.2 Å². The molecule has 0 aliphatic rings. The fourth-order valence-corrected chi connectivity index (χ4v) is 2.68. The predicted octanol–water partition coefficient (Wildman–Crippen LogP) is 2.79. The Labute approximate surface area is 134 Å². The number of carbonyl (C=O) groups is 3. The quantitative estimate of drug-likeness (QED) is 0.492. The highest BCUT2D eigenvalue weighted by molar-refractivity contribution is 6.17. The molecule has 0 radical (unpaired) electrons. The number of fused-ring (bicyclic) bond motifs is 1. The molecule has 0 fully saturated rings. The maximum absolute atomic E-state index is 12.3. The van der Waals surface area contributed by atoms with Gasteiger partial charge in [0.15, 0.2) is 5.78 Å². The number of rotatable bonds is 4. The molecule has 1 aromatic heterocycles. The van der Waals surface area contributed by atoms with E-state index in [4.69, 9.17) is 9.47 Å². The SMILES string of the molecule is CCOC(=O)c1c(C)n(C)c2ccc(OC(C)=O)c(C(C)=O)c12. The summed E-state index contributed by atoms with van der Waals surface area (Å²) >= 11 is 0. The van der Waals surface area contributed by atoms with Crippen LogP contribution in [0.4, 0.5) is 0 Å². The summed E-state index contributed by atoms with van der Waals surface area (Å²) in [5.41, 5.74) is 1.92. The molecular formula is C17H19NO5. The molecule has 23 heavy (non-hydrogen) atoms. The third-order valence-electron chi connectivity index (χ3n) is 3.71. The molecule has 0 amide bonds. The Kier molecular flexibility index (Phi) is 4.54.